The number of pyridine rings is 1. The molecule has 1 fully saturated rings. The number of aromatic nitrogens is 2. The molecular weight excluding hydrogens is 289 g/mol. The van der Waals surface area contributed by atoms with E-state index in [4.69, 9.17) is 0 Å². The Hall–Kier alpha value is -1.73. The minimum Gasteiger partial charge on any atom is -0.353 e. The molecule has 1 aliphatic heterocycles. The van der Waals surface area contributed by atoms with Gasteiger partial charge in [-0.3, -0.25) is 0 Å². The normalized spacial score (nSPS) is 15.5. The Labute approximate surface area is 127 Å². The molecule has 2 aromatic heterocycles. The van der Waals surface area contributed by atoms with Crippen molar-refractivity contribution >= 4 is 22.3 Å². The van der Waals surface area contributed by atoms with Crippen molar-refractivity contribution in [1.82, 2.24) is 15.3 Å². The third-order valence-corrected chi connectivity index (χ3v) is 4.38. The first-order valence-electron chi connectivity index (χ1n) is 6.96. The molecule has 0 aromatic carbocycles. The van der Waals surface area contributed by atoms with Crippen molar-refractivity contribution in [2.45, 2.75) is 6.54 Å². The second-order valence-electron chi connectivity index (χ2n) is 4.96. The third-order valence-electron chi connectivity index (χ3n) is 3.55. The van der Waals surface area contributed by atoms with Crippen LogP contribution in [0.15, 0.2) is 23.8 Å². The first-order valence-corrected chi connectivity index (χ1v) is 7.84. The summed E-state index contributed by atoms with van der Waals surface area (Å²) in [6, 6.07) is 1.56. The van der Waals surface area contributed by atoms with Gasteiger partial charge in [0.2, 0.25) is 0 Å². The smallest absolute Gasteiger partial charge is 0.185 e. The van der Waals surface area contributed by atoms with Crippen LogP contribution in [0.2, 0.25) is 0 Å². The van der Waals surface area contributed by atoms with Crippen molar-refractivity contribution in [1.29, 1.82) is 0 Å². The number of hydrogen-bond acceptors (Lipinski definition) is 6. The van der Waals surface area contributed by atoms with E-state index in [1.807, 2.05) is 18.6 Å². The fourth-order valence-electron chi connectivity index (χ4n) is 2.56. The molecule has 0 atom stereocenters. The number of rotatable bonds is 4. The van der Waals surface area contributed by atoms with E-state index in [1.54, 1.807) is 17.4 Å². The molecule has 3 heterocycles. The van der Waals surface area contributed by atoms with Crippen molar-refractivity contribution in [2.75, 3.05) is 43.0 Å². The Balaban J connectivity index is 1.72. The Kier molecular flexibility index (Phi) is 4.31. The maximum atomic E-state index is 13.4. The van der Waals surface area contributed by atoms with Gasteiger partial charge in [-0.1, -0.05) is 0 Å². The number of thiazole rings is 1. The average Bonchev–Trinajstić information content (AvgIpc) is 3.02. The zero-order chi connectivity index (χ0) is 14.7. The lowest BCUT2D eigenvalue weighted by atomic mass is 10.2. The number of anilines is 2. The average molecular weight is 307 g/mol. The standard InChI is InChI=1S/C14H18FN5S/c1-16-9-11-8-12(15)10-18-13(11)19-3-5-20(6-4-19)14-17-2-7-21-14/h2,7-8,10,16H,3-6,9H2,1H3. The van der Waals surface area contributed by atoms with Gasteiger partial charge < -0.3 is 15.1 Å². The van der Waals surface area contributed by atoms with Crippen molar-refractivity contribution in [2.24, 2.45) is 0 Å². The fourth-order valence-corrected chi connectivity index (χ4v) is 3.26. The van der Waals surface area contributed by atoms with Crippen LogP contribution in [0.3, 0.4) is 0 Å². The quantitative estimate of drug-likeness (QED) is 0.932. The van der Waals surface area contributed by atoms with Gasteiger partial charge in [-0.15, -0.1) is 11.3 Å². The van der Waals surface area contributed by atoms with Gasteiger partial charge in [0.1, 0.15) is 11.6 Å². The zero-order valence-electron chi connectivity index (χ0n) is 11.9. The van der Waals surface area contributed by atoms with Crippen molar-refractivity contribution in [3.05, 3.63) is 35.2 Å². The molecule has 0 bridgehead atoms. The molecule has 112 valence electrons. The van der Waals surface area contributed by atoms with E-state index >= 15 is 0 Å². The first-order chi connectivity index (χ1) is 10.3. The zero-order valence-corrected chi connectivity index (χ0v) is 12.7. The van der Waals surface area contributed by atoms with Crippen LogP contribution < -0.4 is 15.1 Å². The molecule has 3 rings (SSSR count). The SMILES string of the molecule is CNCc1cc(F)cnc1N1CCN(c2nccs2)CC1. The summed E-state index contributed by atoms with van der Waals surface area (Å²) < 4.78 is 13.4. The van der Waals surface area contributed by atoms with E-state index in [1.165, 1.54) is 6.20 Å². The summed E-state index contributed by atoms with van der Waals surface area (Å²) in [5, 5.41) is 6.13. The topological polar surface area (TPSA) is 44.3 Å². The van der Waals surface area contributed by atoms with Crippen LogP contribution >= 0.6 is 11.3 Å². The lowest BCUT2D eigenvalue weighted by molar-refractivity contribution is 0.607. The van der Waals surface area contributed by atoms with Crippen LogP contribution in [0, 0.1) is 5.82 Å². The number of nitrogens with one attached hydrogen (secondary N) is 1. The first kappa shape index (κ1) is 14.2. The molecule has 0 amide bonds. The van der Waals surface area contributed by atoms with Gasteiger partial charge in [-0.2, -0.15) is 0 Å². The van der Waals surface area contributed by atoms with Crippen LogP contribution in [0.25, 0.3) is 0 Å². The third kappa shape index (κ3) is 3.14. The highest BCUT2D eigenvalue weighted by Gasteiger charge is 2.21. The predicted octanol–water partition coefficient (Wildman–Crippen LogP) is 1.72. The van der Waals surface area contributed by atoms with Gasteiger partial charge in [-0.25, -0.2) is 14.4 Å². The Bertz CT molecular complexity index is 581. The summed E-state index contributed by atoms with van der Waals surface area (Å²) in [5.41, 5.74) is 0.903. The Morgan fingerprint density at radius 3 is 2.67 bits per heavy atom. The van der Waals surface area contributed by atoms with Gasteiger partial charge in [0.15, 0.2) is 5.13 Å². The lowest BCUT2D eigenvalue weighted by Gasteiger charge is -2.36. The molecule has 7 heteroatoms. The van der Waals surface area contributed by atoms with Gasteiger partial charge in [0, 0.05) is 49.9 Å². The number of hydrogen-bond donors (Lipinski definition) is 1. The lowest BCUT2D eigenvalue weighted by Crippen LogP contribution is -2.47. The van der Waals surface area contributed by atoms with Gasteiger partial charge in [0.25, 0.3) is 0 Å². The summed E-state index contributed by atoms with van der Waals surface area (Å²) in [6.45, 7) is 4.17. The largest absolute Gasteiger partial charge is 0.353 e. The molecule has 0 saturated carbocycles. The summed E-state index contributed by atoms with van der Waals surface area (Å²) in [5.74, 6) is 0.593. The van der Waals surface area contributed by atoms with Crippen LogP contribution in [-0.2, 0) is 6.54 Å². The molecular formula is C14H18FN5S. The predicted molar refractivity (Wildman–Crippen MR) is 83.5 cm³/mol. The van der Waals surface area contributed by atoms with Crippen LogP contribution in [0.4, 0.5) is 15.3 Å². The molecule has 1 N–H and O–H groups in total. The van der Waals surface area contributed by atoms with Gasteiger partial charge in [0.05, 0.1) is 6.20 Å². The number of piperazine rings is 1. The number of halogens is 1. The monoisotopic (exact) mass is 307 g/mol. The summed E-state index contributed by atoms with van der Waals surface area (Å²) in [7, 11) is 1.86. The van der Waals surface area contributed by atoms with Crippen LogP contribution in [0.5, 0.6) is 0 Å². The van der Waals surface area contributed by atoms with Gasteiger partial charge in [-0.05, 0) is 13.1 Å². The maximum Gasteiger partial charge on any atom is 0.185 e. The van der Waals surface area contributed by atoms with Crippen LogP contribution in [-0.4, -0.2) is 43.2 Å². The molecule has 5 nitrogen and oxygen atoms in total. The Morgan fingerprint density at radius 2 is 2.00 bits per heavy atom. The molecule has 2 aromatic rings. The molecule has 1 saturated heterocycles. The summed E-state index contributed by atoms with van der Waals surface area (Å²) >= 11 is 1.66. The highest BCUT2D eigenvalue weighted by atomic mass is 32.1. The minimum atomic E-state index is -0.287. The minimum absolute atomic E-state index is 0.287. The van der Waals surface area contributed by atoms with E-state index in [-0.39, 0.29) is 5.82 Å². The van der Waals surface area contributed by atoms with Crippen molar-refractivity contribution in [3.8, 4) is 0 Å². The Morgan fingerprint density at radius 1 is 1.24 bits per heavy atom. The molecule has 0 radical (unpaired) electrons. The van der Waals surface area contributed by atoms with E-state index in [0.29, 0.717) is 6.54 Å². The van der Waals surface area contributed by atoms with Crippen molar-refractivity contribution < 1.29 is 4.39 Å². The molecule has 0 aliphatic carbocycles. The van der Waals surface area contributed by atoms with E-state index in [0.717, 1.165) is 42.7 Å². The highest BCUT2D eigenvalue weighted by molar-refractivity contribution is 7.13. The molecule has 1 aliphatic rings. The molecule has 21 heavy (non-hydrogen) atoms. The second-order valence-corrected chi connectivity index (χ2v) is 5.83. The maximum absolute atomic E-state index is 13.4. The summed E-state index contributed by atoms with van der Waals surface area (Å²) in [4.78, 5) is 13.1. The summed E-state index contributed by atoms with van der Waals surface area (Å²) in [6.07, 6.45) is 3.13. The van der Waals surface area contributed by atoms with E-state index in [2.05, 4.69) is 25.1 Å². The van der Waals surface area contributed by atoms with E-state index in [9.17, 15) is 4.39 Å². The second kappa shape index (κ2) is 6.36. The van der Waals surface area contributed by atoms with Gasteiger partial charge >= 0.3 is 0 Å². The molecule has 0 spiro atoms. The highest BCUT2D eigenvalue weighted by Crippen LogP contribution is 2.23. The van der Waals surface area contributed by atoms with Crippen LogP contribution in [0.1, 0.15) is 5.56 Å². The van der Waals surface area contributed by atoms with Crippen molar-refractivity contribution in [3.63, 3.8) is 0 Å². The fraction of sp³-hybridized carbons (Fsp3) is 0.429. The van der Waals surface area contributed by atoms with E-state index < -0.39 is 0 Å². The number of nitrogens with zero attached hydrogens (tertiary/aromatic N) is 4. The molecule has 0 unspecified atom stereocenters.